The van der Waals surface area contributed by atoms with Crippen LogP contribution in [0.15, 0.2) is 34.7 Å². The van der Waals surface area contributed by atoms with Crippen molar-refractivity contribution >= 4 is 16.8 Å². The predicted octanol–water partition coefficient (Wildman–Crippen LogP) is 5.20. The van der Waals surface area contributed by atoms with E-state index in [1.54, 1.807) is 0 Å². The van der Waals surface area contributed by atoms with E-state index in [0.717, 1.165) is 12.1 Å². The number of benzene rings is 1. The van der Waals surface area contributed by atoms with Gasteiger partial charge in [-0.25, -0.2) is 4.98 Å². The molecule has 1 aliphatic carbocycles. The highest BCUT2D eigenvalue weighted by Gasteiger charge is 2.52. The van der Waals surface area contributed by atoms with Crippen molar-refractivity contribution in [3.05, 3.63) is 53.4 Å². The molecule has 1 aromatic carbocycles. The summed E-state index contributed by atoms with van der Waals surface area (Å²) in [5.41, 5.74) is -2.20. The number of nitrogens with one attached hydrogen (secondary N) is 1. The molecule has 0 spiro atoms. The fourth-order valence-corrected chi connectivity index (χ4v) is 4.38. The summed E-state index contributed by atoms with van der Waals surface area (Å²) in [6.07, 6.45) is -8.42. The largest absolute Gasteiger partial charge is 0.523 e. The molecule has 1 N–H and O–H groups in total. The molecule has 1 aliphatic heterocycles. The van der Waals surface area contributed by atoms with Crippen LogP contribution in [-0.4, -0.2) is 40.1 Å². The summed E-state index contributed by atoms with van der Waals surface area (Å²) < 4.78 is 92.6. The van der Waals surface area contributed by atoms with Gasteiger partial charge in [-0.05, 0) is 56.4 Å². The molecule has 1 saturated carbocycles. The van der Waals surface area contributed by atoms with E-state index in [1.165, 1.54) is 18.2 Å². The number of halogens is 6. The first-order chi connectivity index (χ1) is 17.4. The topological polar surface area (TPSA) is 99.4 Å². The minimum Gasteiger partial charge on any atom is -0.419 e. The number of rotatable bonds is 5. The van der Waals surface area contributed by atoms with Crippen LogP contribution < -0.4 is 5.32 Å². The molecule has 37 heavy (non-hydrogen) atoms. The first kappa shape index (κ1) is 25.4. The van der Waals surface area contributed by atoms with Gasteiger partial charge in [0.1, 0.15) is 11.8 Å². The second-order valence-corrected chi connectivity index (χ2v) is 9.01. The molecule has 0 bridgehead atoms. The minimum absolute atomic E-state index is 0.0336. The van der Waals surface area contributed by atoms with Crippen molar-refractivity contribution < 1.29 is 45.0 Å². The molecule has 1 amide bonds. The lowest BCUT2D eigenvalue weighted by atomic mass is 9.80. The molecule has 2 aromatic heterocycles. The molecule has 3 heterocycles. The van der Waals surface area contributed by atoms with Gasteiger partial charge in [0.15, 0.2) is 5.60 Å². The summed E-state index contributed by atoms with van der Waals surface area (Å²) in [4.78, 5) is 16.8. The van der Waals surface area contributed by atoms with Crippen LogP contribution in [0.25, 0.3) is 10.9 Å². The van der Waals surface area contributed by atoms with Gasteiger partial charge in [-0.1, -0.05) is 6.07 Å². The van der Waals surface area contributed by atoms with Gasteiger partial charge in [0.25, 0.3) is 5.91 Å². The molecule has 198 valence electrons. The first-order valence-electron chi connectivity index (χ1n) is 11.4. The molecular weight excluding hydrogens is 510 g/mol. The molecule has 2 fully saturated rings. The summed E-state index contributed by atoms with van der Waals surface area (Å²) in [6.45, 7) is 0.0703. The third kappa shape index (κ3) is 5.39. The molecule has 14 heteroatoms. The third-order valence-electron chi connectivity index (χ3n) is 6.44. The van der Waals surface area contributed by atoms with Crippen molar-refractivity contribution in [2.75, 3.05) is 6.61 Å². The summed E-state index contributed by atoms with van der Waals surface area (Å²) in [7, 11) is 0. The van der Waals surface area contributed by atoms with Crippen molar-refractivity contribution in [3.8, 4) is 0 Å². The fourth-order valence-electron chi connectivity index (χ4n) is 4.38. The standard InChI is InChI=1S/C23H20F6N4O4/c24-22(25,26)13-3-6-15-12(10-13)2-5-16(31-15)18(34)30-14-4-7-17(35-11-14)19-32-33-20(36-19)21(8-1-9-21)37-23(27,28)29/h2-3,5-6,10,14,17H,1,4,7-9,11H2,(H,30,34)/t14-,17+/m1/s1. The van der Waals surface area contributed by atoms with Crippen LogP contribution in [0.3, 0.4) is 0 Å². The lowest BCUT2D eigenvalue weighted by Crippen LogP contribution is -2.42. The number of hydrogen-bond acceptors (Lipinski definition) is 7. The van der Waals surface area contributed by atoms with Gasteiger partial charge in [0.05, 0.1) is 23.7 Å². The molecular formula is C23H20F6N4O4. The molecule has 3 aromatic rings. The van der Waals surface area contributed by atoms with Crippen LogP contribution in [-0.2, 0) is 21.3 Å². The Labute approximate surface area is 205 Å². The van der Waals surface area contributed by atoms with Gasteiger partial charge in [-0.3, -0.25) is 9.53 Å². The van der Waals surface area contributed by atoms with Crippen LogP contribution in [0.5, 0.6) is 0 Å². The molecule has 2 aliphatic rings. The number of pyridine rings is 1. The van der Waals surface area contributed by atoms with E-state index in [4.69, 9.17) is 9.15 Å². The average Bonchev–Trinajstić information content (AvgIpc) is 3.30. The normalized spacial score (nSPS) is 22.0. The number of aromatic nitrogens is 3. The van der Waals surface area contributed by atoms with Crippen molar-refractivity contribution in [3.63, 3.8) is 0 Å². The van der Waals surface area contributed by atoms with Gasteiger partial charge in [0.2, 0.25) is 11.8 Å². The molecule has 2 atom stereocenters. The number of carbonyl (C=O) groups is 1. The highest BCUT2D eigenvalue weighted by molar-refractivity contribution is 5.95. The van der Waals surface area contributed by atoms with Crippen LogP contribution in [0, 0.1) is 0 Å². The Morgan fingerprint density at radius 2 is 1.84 bits per heavy atom. The van der Waals surface area contributed by atoms with Gasteiger partial charge >= 0.3 is 12.5 Å². The Morgan fingerprint density at radius 3 is 2.46 bits per heavy atom. The first-order valence-corrected chi connectivity index (χ1v) is 11.4. The summed E-state index contributed by atoms with van der Waals surface area (Å²) in [6, 6.07) is 5.40. The average molecular weight is 530 g/mol. The van der Waals surface area contributed by atoms with E-state index in [-0.39, 0.29) is 47.8 Å². The van der Waals surface area contributed by atoms with E-state index < -0.39 is 41.8 Å². The predicted molar refractivity (Wildman–Crippen MR) is 113 cm³/mol. The van der Waals surface area contributed by atoms with Crippen LogP contribution in [0.4, 0.5) is 26.3 Å². The number of amides is 1. The molecule has 8 nitrogen and oxygen atoms in total. The van der Waals surface area contributed by atoms with Crippen molar-refractivity contribution in [1.82, 2.24) is 20.5 Å². The number of hydrogen-bond donors (Lipinski definition) is 1. The summed E-state index contributed by atoms with van der Waals surface area (Å²) >= 11 is 0. The fraction of sp³-hybridized carbons (Fsp3) is 0.478. The molecule has 0 unspecified atom stereocenters. The highest BCUT2D eigenvalue weighted by atomic mass is 19.4. The van der Waals surface area contributed by atoms with E-state index in [1.807, 2.05) is 0 Å². The third-order valence-corrected chi connectivity index (χ3v) is 6.44. The van der Waals surface area contributed by atoms with Crippen LogP contribution in [0.1, 0.15) is 66.0 Å². The smallest absolute Gasteiger partial charge is 0.419 e. The maximum absolute atomic E-state index is 12.9. The lowest BCUT2D eigenvalue weighted by Gasteiger charge is -2.38. The Hall–Kier alpha value is -3.26. The van der Waals surface area contributed by atoms with Gasteiger partial charge < -0.3 is 14.5 Å². The Kier molecular flexibility index (Phi) is 6.34. The number of alkyl halides is 6. The quantitative estimate of drug-likeness (QED) is 0.453. The van der Waals surface area contributed by atoms with Crippen LogP contribution >= 0.6 is 0 Å². The van der Waals surface area contributed by atoms with Crippen molar-refractivity contribution in [2.24, 2.45) is 0 Å². The number of fused-ring (bicyclic) bond motifs is 1. The van der Waals surface area contributed by atoms with E-state index >= 15 is 0 Å². The Morgan fingerprint density at radius 1 is 1.05 bits per heavy atom. The van der Waals surface area contributed by atoms with Gasteiger partial charge in [-0.2, -0.15) is 13.2 Å². The lowest BCUT2D eigenvalue weighted by molar-refractivity contribution is -0.387. The zero-order valence-corrected chi connectivity index (χ0v) is 19.0. The van der Waals surface area contributed by atoms with E-state index in [9.17, 15) is 31.1 Å². The zero-order valence-electron chi connectivity index (χ0n) is 19.0. The minimum atomic E-state index is -4.84. The van der Waals surface area contributed by atoms with E-state index in [2.05, 4.69) is 25.2 Å². The zero-order chi connectivity index (χ0) is 26.4. The second-order valence-electron chi connectivity index (χ2n) is 9.01. The van der Waals surface area contributed by atoms with Crippen LogP contribution in [0.2, 0.25) is 0 Å². The second kappa shape index (κ2) is 9.24. The molecule has 1 saturated heterocycles. The summed E-state index contributed by atoms with van der Waals surface area (Å²) in [5, 5.41) is 10.6. The van der Waals surface area contributed by atoms with Gasteiger partial charge in [-0.15, -0.1) is 23.4 Å². The molecule has 5 rings (SSSR count). The molecule has 0 radical (unpaired) electrons. The number of carbonyl (C=O) groups excluding carboxylic acids is 1. The monoisotopic (exact) mass is 530 g/mol. The van der Waals surface area contributed by atoms with Crippen molar-refractivity contribution in [1.29, 1.82) is 0 Å². The SMILES string of the molecule is O=C(N[C@@H]1CC[C@@H](c2nnc(C3(OC(F)(F)F)CCC3)o2)OC1)c1ccc2cc(C(F)(F)F)ccc2n1. The maximum atomic E-state index is 12.9. The number of nitrogens with zero attached hydrogens (tertiary/aromatic N) is 3. The Bertz CT molecular complexity index is 1300. The Balaban J connectivity index is 1.18. The summed E-state index contributed by atoms with van der Waals surface area (Å²) in [5.74, 6) is -0.730. The number of ether oxygens (including phenoxy) is 2. The van der Waals surface area contributed by atoms with Gasteiger partial charge in [0, 0.05) is 5.39 Å². The van der Waals surface area contributed by atoms with Crippen molar-refractivity contribution in [2.45, 2.75) is 62.4 Å². The maximum Gasteiger partial charge on any atom is 0.523 e. The highest BCUT2D eigenvalue weighted by Crippen LogP contribution is 2.48. The van der Waals surface area contributed by atoms with E-state index in [0.29, 0.717) is 19.3 Å².